The number of thiophene rings is 1. The van der Waals surface area contributed by atoms with Crippen LogP contribution in [-0.4, -0.2) is 78.3 Å². The fourth-order valence-electron chi connectivity index (χ4n) is 2.90. The average molecular weight is 436 g/mol. The monoisotopic (exact) mass is 436 g/mol. The molecular formula is C20H24N2O7S. The van der Waals surface area contributed by atoms with Crippen LogP contribution in [0.2, 0.25) is 0 Å². The molecule has 10 heteroatoms. The highest BCUT2D eigenvalue weighted by atomic mass is 32.1. The highest BCUT2D eigenvalue weighted by molar-refractivity contribution is 7.12. The summed E-state index contributed by atoms with van der Waals surface area (Å²) in [7, 11) is 3.29. The molecule has 1 amide bonds. The summed E-state index contributed by atoms with van der Waals surface area (Å²) in [6, 6.07) is 9.82. The lowest BCUT2D eigenvalue weighted by Gasteiger charge is -2.34. The lowest BCUT2D eigenvalue weighted by atomic mass is 10.1. The third-order valence-corrected chi connectivity index (χ3v) is 5.29. The van der Waals surface area contributed by atoms with Crippen molar-refractivity contribution in [1.29, 1.82) is 0 Å². The van der Waals surface area contributed by atoms with Crippen LogP contribution in [0.1, 0.15) is 15.2 Å². The average Bonchev–Trinajstić information content (AvgIpc) is 3.29. The van der Waals surface area contributed by atoms with E-state index in [1.165, 1.54) is 16.9 Å². The van der Waals surface area contributed by atoms with Crippen LogP contribution >= 0.6 is 11.3 Å². The Balaban J connectivity index is 0.000000469. The quantitative estimate of drug-likeness (QED) is 0.683. The van der Waals surface area contributed by atoms with Gasteiger partial charge in [-0.1, -0.05) is 12.1 Å². The van der Waals surface area contributed by atoms with Crippen LogP contribution < -0.4 is 9.47 Å². The molecule has 1 saturated heterocycles. The van der Waals surface area contributed by atoms with Crippen molar-refractivity contribution in [2.45, 2.75) is 6.54 Å². The Morgan fingerprint density at radius 3 is 2.10 bits per heavy atom. The van der Waals surface area contributed by atoms with Gasteiger partial charge < -0.3 is 24.6 Å². The molecule has 0 atom stereocenters. The largest absolute Gasteiger partial charge is 0.493 e. The van der Waals surface area contributed by atoms with E-state index < -0.39 is 11.9 Å². The lowest BCUT2D eigenvalue weighted by molar-refractivity contribution is -0.159. The van der Waals surface area contributed by atoms with Crippen LogP contribution in [0.15, 0.2) is 35.7 Å². The molecule has 2 heterocycles. The van der Waals surface area contributed by atoms with Gasteiger partial charge in [0.2, 0.25) is 0 Å². The van der Waals surface area contributed by atoms with Gasteiger partial charge in [-0.25, -0.2) is 9.59 Å². The molecule has 1 fully saturated rings. The minimum absolute atomic E-state index is 0.149. The van der Waals surface area contributed by atoms with Gasteiger partial charge in [0.05, 0.1) is 19.1 Å². The van der Waals surface area contributed by atoms with Gasteiger partial charge >= 0.3 is 11.9 Å². The smallest absolute Gasteiger partial charge is 0.414 e. The topological polar surface area (TPSA) is 117 Å². The zero-order chi connectivity index (χ0) is 22.1. The molecule has 0 aliphatic carbocycles. The fraction of sp³-hybridized carbons (Fsp3) is 0.350. The number of amides is 1. The predicted octanol–water partition coefficient (Wildman–Crippen LogP) is 1.88. The van der Waals surface area contributed by atoms with Gasteiger partial charge in [-0.05, 0) is 29.1 Å². The first-order valence-corrected chi connectivity index (χ1v) is 9.96. The highest BCUT2D eigenvalue weighted by Gasteiger charge is 2.22. The van der Waals surface area contributed by atoms with Crippen molar-refractivity contribution in [2.75, 3.05) is 40.4 Å². The highest BCUT2D eigenvalue weighted by Crippen LogP contribution is 2.28. The number of aliphatic carboxylic acids is 2. The minimum Gasteiger partial charge on any atom is -0.493 e. The van der Waals surface area contributed by atoms with Crippen molar-refractivity contribution in [1.82, 2.24) is 9.80 Å². The van der Waals surface area contributed by atoms with Crippen LogP contribution in [0.4, 0.5) is 0 Å². The van der Waals surface area contributed by atoms with Crippen LogP contribution in [0.25, 0.3) is 0 Å². The molecule has 30 heavy (non-hydrogen) atoms. The summed E-state index contributed by atoms with van der Waals surface area (Å²) in [4.78, 5) is 35.7. The Hall–Kier alpha value is -3.11. The van der Waals surface area contributed by atoms with E-state index in [0.29, 0.717) is 0 Å². The molecule has 0 saturated carbocycles. The van der Waals surface area contributed by atoms with E-state index in [1.54, 1.807) is 14.2 Å². The van der Waals surface area contributed by atoms with Gasteiger partial charge in [0.15, 0.2) is 11.5 Å². The summed E-state index contributed by atoms with van der Waals surface area (Å²) in [5.74, 6) is -2.00. The molecule has 1 aromatic heterocycles. The van der Waals surface area contributed by atoms with E-state index in [1.807, 2.05) is 34.5 Å². The van der Waals surface area contributed by atoms with Gasteiger partial charge in [-0.3, -0.25) is 9.69 Å². The van der Waals surface area contributed by atoms with Crippen LogP contribution in [0.3, 0.4) is 0 Å². The van der Waals surface area contributed by atoms with Gasteiger partial charge in [0.1, 0.15) is 0 Å². The Kier molecular flexibility index (Phi) is 8.63. The molecule has 162 valence electrons. The first-order chi connectivity index (χ1) is 14.3. The number of carboxylic acids is 2. The van der Waals surface area contributed by atoms with E-state index >= 15 is 0 Å². The molecular weight excluding hydrogens is 412 g/mol. The number of benzene rings is 1. The van der Waals surface area contributed by atoms with Gasteiger partial charge in [-0.15, -0.1) is 11.3 Å². The number of piperazine rings is 1. The summed E-state index contributed by atoms with van der Waals surface area (Å²) in [5, 5.41) is 16.7. The maximum Gasteiger partial charge on any atom is 0.414 e. The molecule has 2 N–H and O–H groups in total. The number of carbonyl (C=O) groups is 3. The summed E-state index contributed by atoms with van der Waals surface area (Å²) < 4.78 is 10.6. The Morgan fingerprint density at radius 2 is 1.60 bits per heavy atom. The number of hydrogen-bond donors (Lipinski definition) is 2. The maximum atomic E-state index is 12.4. The zero-order valence-electron chi connectivity index (χ0n) is 16.7. The molecule has 9 nitrogen and oxygen atoms in total. The molecule has 1 aromatic carbocycles. The predicted molar refractivity (Wildman–Crippen MR) is 110 cm³/mol. The standard InChI is InChI=1S/C18H22N2O3S.C2H2O4/c1-22-15-6-5-14(12-16(15)23-2)13-19-7-9-20(10-8-19)18(21)17-4-3-11-24-17;3-1(4)2(5)6/h3-6,11-12H,7-10,13H2,1-2H3;(H,3,4)(H,5,6). The molecule has 1 aliphatic heterocycles. The summed E-state index contributed by atoms with van der Waals surface area (Å²) in [5.41, 5.74) is 1.19. The molecule has 0 radical (unpaired) electrons. The van der Waals surface area contributed by atoms with Gasteiger partial charge in [0, 0.05) is 32.7 Å². The van der Waals surface area contributed by atoms with Crippen molar-refractivity contribution in [3.05, 3.63) is 46.2 Å². The van der Waals surface area contributed by atoms with Crippen LogP contribution in [0, 0.1) is 0 Å². The van der Waals surface area contributed by atoms with Crippen LogP contribution in [0.5, 0.6) is 11.5 Å². The summed E-state index contributed by atoms with van der Waals surface area (Å²) in [6.07, 6.45) is 0. The van der Waals surface area contributed by atoms with E-state index in [2.05, 4.69) is 11.0 Å². The van der Waals surface area contributed by atoms with Crippen molar-refractivity contribution < 1.29 is 34.1 Å². The fourth-order valence-corrected chi connectivity index (χ4v) is 3.59. The first-order valence-electron chi connectivity index (χ1n) is 9.08. The second-order valence-corrected chi connectivity index (χ2v) is 7.29. The molecule has 1 aliphatic rings. The third-order valence-electron chi connectivity index (χ3n) is 4.43. The second-order valence-electron chi connectivity index (χ2n) is 6.35. The number of rotatable bonds is 5. The van der Waals surface area contributed by atoms with Gasteiger partial charge in [-0.2, -0.15) is 0 Å². The van der Waals surface area contributed by atoms with E-state index in [-0.39, 0.29) is 5.91 Å². The normalized spacial score (nSPS) is 13.7. The number of carboxylic acid groups (broad SMARTS) is 2. The maximum absolute atomic E-state index is 12.4. The lowest BCUT2D eigenvalue weighted by Crippen LogP contribution is -2.48. The Bertz CT molecular complexity index is 850. The van der Waals surface area contributed by atoms with Gasteiger partial charge in [0.25, 0.3) is 5.91 Å². The number of hydrogen-bond acceptors (Lipinski definition) is 7. The van der Waals surface area contributed by atoms with E-state index in [9.17, 15) is 4.79 Å². The number of nitrogens with zero attached hydrogens (tertiary/aromatic N) is 2. The molecule has 0 spiro atoms. The van der Waals surface area contributed by atoms with E-state index in [4.69, 9.17) is 29.3 Å². The number of ether oxygens (including phenoxy) is 2. The summed E-state index contributed by atoms with van der Waals surface area (Å²) in [6.45, 7) is 4.15. The summed E-state index contributed by atoms with van der Waals surface area (Å²) >= 11 is 1.51. The second kappa shape index (κ2) is 11.2. The molecule has 2 aromatic rings. The molecule has 0 unspecified atom stereocenters. The van der Waals surface area contributed by atoms with Crippen molar-refractivity contribution in [3.63, 3.8) is 0 Å². The zero-order valence-corrected chi connectivity index (χ0v) is 17.6. The third kappa shape index (κ3) is 6.46. The Morgan fingerprint density at radius 1 is 0.967 bits per heavy atom. The first kappa shape index (κ1) is 23.2. The number of carbonyl (C=O) groups excluding carboxylic acids is 1. The minimum atomic E-state index is -1.82. The number of methoxy groups -OCH3 is 2. The molecule has 0 bridgehead atoms. The van der Waals surface area contributed by atoms with Crippen LogP contribution in [-0.2, 0) is 16.1 Å². The molecule has 3 rings (SSSR count). The Labute approximate surface area is 178 Å². The van der Waals surface area contributed by atoms with E-state index in [0.717, 1.165) is 49.1 Å². The van der Waals surface area contributed by atoms with Crippen molar-refractivity contribution in [2.24, 2.45) is 0 Å². The SMILES string of the molecule is COc1ccc(CN2CCN(C(=O)c3cccs3)CC2)cc1OC.O=C(O)C(=O)O. The van der Waals surface area contributed by atoms with Crippen molar-refractivity contribution >= 4 is 29.2 Å². The van der Waals surface area contributed by atoms with Crippen molar-refractivity contribution in [3.8, 4) is 11.5 Å².